The summed E-state index contributed by atoms with van der Waals surface area (Å²) in [7, 11) is 0. The van der Waals surface area contributed by atoms with Crippen molar-refractivity contribution in [1.82, 2.24) is 9.88 Å². The van der Waals surface area contributed by atoms with Gasteiger partial charge in [-0.25, -0.2) is 0 Å². The zero-order valence-electron chi connectivity index (χ0n) is 17.7. The third kappa shape index (κ3) is 4.22. The minimum Gasteiger partial charge on any atom is -0.507 e. The first-order valence-electron chi connectivity index (χ1n) is 10.4. The lowest BCUT2D eigenvalue weighted by Crippen LogP contribution is -2.30. The Morgan fingerprint density at radius 1 is 1.13 bits per heavy atom. The number of nitrogens with zero attached hydrogens (tertiary/aromatic N) is 2. The van der Waals surface area contributed by atoms with Crippen molar-refractivity contribution >= 4 is 17.4 Å². The van der Waals surface area contributed by atoms with Crippen molar-refractivity contribution in [3.05, 3.63) is 65.0 Å². The Labute approximate surface area is 177 Å². The molecule has 0 radical (unpaired) electrons. The van der Waals surface area contributed by atoms with Crippen molar-refractivity contribution in [2.45, 2.75) is 46.1 Å². The van der Waals surface area contributed by atoms with Gasteiger partial charge >= 0.3 is 0 Å². The number of aryl methyl sites for hydroxylation is 1. The number of amides is 1. The second kappa shape index (κ2) is 9.57. The van der Waals surface area contributed by atoms with Gasteiger partial charge in [0, 0.05) is 24.5 Å². The molecule has 1 atom stereocenters. The Morgan fingerprint density at radius 3 is 2.50 bits per heavy atom. The number of rotatable bonds is 8. The maximum Gasteiger partial charge on any atom is 0.295 e. The van der Waals surface area contributed by atoms with Crippen LogP contribution in [0, 0.1) is 6.92 Å². The van der Waals surface area contributed by atoms with Crippen molar-refractivity contribution in [2.75, 3.05) is 13.2 Å². The van der Waals surface area contributed by atoms with E-state index >= 15 is 0 Å². The molecule has 6 heteroatoms. The molecular formula is C24H28N2O4. The fourth-order valence-corrected chi connectivity index (χ4v) is 3.66. The van der Waals surface area contributed by atoms with E-state index in [0.29, 0.717) is 18.7 Å². The first kappa shape index (κ1) is 21.6. The molecule has 0 bridgehead atoms. The number of likely N-dealkylation sites (tertiary alicyclic amines) is 1. The van der Waals surface area contributed by atoms with Crippen molar-refractivity contribution in [2.24, 2.45) is 0 Å². The number of hydrogen-bond acceptors (Lipinski definition) is 5. The Hall–Kier alpha value is -3.15. The number of aromatic nitrogens is 1. The molecule has 158 valence electrons. The molecule has 2 aromatic rings. The molecule has 0 spiro atoms. The molecule has 1 saturated heterocycles. The summed E-state index contributed by atoms with van der Waals surface area (Å²) in [6, 6.07) is 8.20. The van der Waals surface area contributed by atoms with Gasteiger partial charge in [0.2, 0.25) is 0 Å². The Balaban J connectivity index is 2.08. The molecule has 1 aliphatic heterocycles. The Morgan fingerprint density at radius 2 is 1.87 bits per heavy atom. The number of ketones is 1. The van der Waals surface area contributed by atoms with Crippen LogP contribution in [0.15, 0.2) is 48.3 Å². The molecule has 1 fully saturated rings. The Bertz CT molecular complexity index is 953. The molecule has 1 unspecified atom stereocenters. The van der Waals surface area contributed by atoms with Crippen LogP contribution < -0.4 is 4.74 Å². The number of benzene rings is 1. The van der Waals surface area contributed by atoms with Gasteiger partial charge in [0.1, 0.15) is 11.5 Å². The number of ether oxygens (including phenoxy) is 1. The largest absolute Gasteiger partial charge is 0.507 e. The maximum atomic E-state index is 12.9. The number of hydrogen-bond donors (Lipinski definition) is 1. The molecule has 1 aliphatic rings. The van der Waals surface area contributed by atoms with Crippen molar-refractivity contribution in [3.8, 4) is 5.75 Å². The van der Waals surface area contributed by atoms with E-state index in [2.05, 4.69) is 4.98 Å². The van der Waals surface area contributed by atoms with E-state index in [9.17, 15) is 14.7 Å². The van der Waals surface area contributed by atoms with E-state index in [1.165, 1.54) is 0 Å². The minimum atomic E-state index is -0.658. The van der Waals surface area contributed by atoms with Gasteiger partial charge in [-0.3, -0.25) is 14.6 Å². The van der Waals surface area contributed by atoms with Crippen LogP contribution in [0.3, 0.4) is 0 Å². The number of carbonyl (C=O) groups is 2. The number of carbonyl (C=O) groups excluding carboxylic acids is 2. The molecule has 1 aromatic heterocycles. The van der Waals surface area contributed by atoms with Crippen LogP contribution in [0.5, 0.6) is 5.75 Å². The molecule has 0 aliphatic carbocycles. The third-order valence-corrected chi connectivity index (χ3v) is 5.22. The molecule has 2 heterocycles. The maximum absolute atomic E-state index is 12.9. The smallest absolute Gasteiger partial charge is 0.295 e. The summed E-state index contributed by atoms with van der Waals surface area (Å²) < 4.78 is 5.70. The van der Waals surface area contributed by atoms with E-state index in [0.717, 1.165) is 36.1 Å². The minimum absolute atomic E-state index is 0.115. The van der Waals surface area contributed by atoms with Crippen LogP contribution in [0.4, 0.5) is 0 Å². The first-order chi connectivity index (χ1) is 14.5. The van der Waals surface area contributed by atoms with E-state index in [1.807, 2.05) is 20.8 Å². The molecule has 3 rings (SSSR count). The van der Waals surface area contributed by atoms with Crippen LogP contribution in [0.1, 0.15) is 55.8 Å². The summed E-state index contributed by atoms with van der Waals surface area (Å²) in [5.41, 5.74) is 2.21. The first-order valence-corrected chi connectivity index (χ1v) is 10.4. The third-order valence-electron chi connectivity index (χ3n) is 5.22. The van der Waals surface area contributed by atoms with Crippen LogP contribution in [0.2, 0.25) is 0 Å². The monoisotopic (exact) mass is 408 g/mol. The fourth-order valence-electron chi connectivity index (χ4n) is 3.66. The summed E-state index contributed by atoms with van der Waals surface area (Å²) in [4.78, 5) is 31.3. The highest BCUT2D eigenvalue weighted by atomic mass is 16.5. The highest BCUT2D eigenvalue weighted by Crippen LogP contribution is 2.39. The Kier molecular flexibility index (Phi) is 6.87. The number of unbranched alkanes of at least 4 members (excludes halogenated alkanes) is 1. The number of aliphatic hydroxyl groups excluding tert-OH is 1. The molecule has 1 N–H and O–H groups in total. The molecular weight excluding hydrogens is 380 g/mol. The van der Waals surface area contributed by atoms with Crippen molar-refractivity contribution in [3.63, 3.8) is 0 Å². The molecule has 1 amide bonds. The molecule has 30 heavy (non-hydrogen) atoms. The summed E-state index contributed by atoms with van der Waals surface area (Å²) in [6.07, 6.45) is 5.81. The number of Topliss-reactive ketones (excluding diaryl/α,β-unsaturated/α-hetero) is 1. The van der Waals surface area contributed by atoms with Crippen molar-refractivity contribution in [1.29, 1.82) is 0 Å². The van der Waals surface area contributed by atoms with Gasteiger partial charge in [-0.05, 0) is 61.2 Å². The summed E-state index contributed by atoms with van der Waals surface area (Å²) in [5.74, 6) is -0.664. The topological polar surface area (TPSA) is 79.7 Å². The number of pyridine rings is 1. The quantitative estimate of drug-likeness (QED) is 0.398. The molecule has 1 aromatic carbocycles. The van der Waals surface area contributed by atoms with Crippen LogP contribution >= 0.6 is 0 Å². The standard InChI is InChI=1S/C24H28N2O4/c1-4-6-13-26-21(17-9-11-25-12-10-17)20(23(28)24(26)29)22(27)18-7-8-19(16(3)15-18)30-14-5-2/h7-12,15,21,27H,4-6,13-14H2,1-3H3/b22-20-. The van der Waals surface area contributed by atoms with Crippen molar-refractivity contribution < 1.29 is 19.4 Å². The molecule has 6 nitrogen and oxygen atoms in total. The summed E-state index contributed by atoms with van der Waals surface area (Å²) >= 11 is 0. The lowest BCUT2D eigenvalue weighted by molar-refractivity contribution is -0.139. The second-order valence-corrected chi connectivity index (χ2v) is 7.46. The highest BCUT2D eigenvalue weighted by molar-refractivity contribution is 6.46. The van der Waals surface area contributed by atoms with Gasteiger partial charge in [-0.1, -0.05) is 20.3 Å². The lowest BCUT2D eigenvalue weighted by atomic mass is 9.95. The van der Waals surface area contributed by atoms with E-state index in [-0.39, 0.29) is 11.3 Å². The van der Waals surface area contributed by atoms with Gasteiger partial charge in [-0.2, -0.15) is 0 Å². The predicted molar refractivity (Wildman–Crippen MR) is 115 cm³/mol. The van der Waals surface area contributed by atoms with E-state index in [4.69, 9.17) is 4.74 Å². The number of aliphatic hydroxyl groups is 1. The predicted octanol–water partition coefficient (Wildman–Crippen LogP) is 4.40. The zero-order chi connectivity index (χ0) is 21.7. The van der Waals surface area contributed by atoms with Gasteiger partial charge in [-0.15, -0.1) is 0 Å². The average Bonchev–Trinajstić information content (AvgIpc) is 3.01. The second-order valence-electron chi connectivity index (χ2n) is 7.46. The average molecular weight is 408 g/mol. The van der Waals surface area contributed by atoms with E-state index < -0.39 is 17.7 Å². The van der Waals surface area contributed by atoms with Gasteiger partial charge < -0.3 is 14.7 Å². The zero-order valence-corrected chi connectivity index (χ0v) is 17.7. The highest BCUT2D eigenvalue weighted by Gasteiger charge is 2.45. The van der Waals surface area contributed by atoms with Crippen LogP contribution in [-0.4, -0.2) is 39.8 Å². The van der Waals surface area contributed by atoms with Gasteiger partial charge in [0.15, 0.2) is 0 Å². The van der Waals surface area contributed by atoms with Crippen LogP contribution in [-0.2, 0) is 9.59 Å². The van der Waals surface area contributed by atoms with Crippen LogP contribution in [0.25, 0.3) is 5.76 Å². The summed E-state index contributed by atoms with van der Waals surface area (Å²) in [6.45, 7) is 7.02. The normalized spacial score (nSPS) is 18.1. The lowest BCUT2D eigenvalue weighted by Gasteiger charge is -2.25. The summed E-state index contributed by atoms with van der Waals surface area (Å²) in [5, 5.41) is 11.1. The SMILES string of the molecule is CCCCN1C(=O)C(=O)/C(=C(\O)c2ccc(OCCC)c(C)c2)C1c1ccncc1. The molecule has 0 saturated carbocycles. The fraction of sp³-hybridized carbons (Fsp3) is 0.375. The van der Waals surface area contributed by atoms with Gasteiger partial charge in [0.25, 0.3) is 11.7 Å². The van der Waals surface area contributed by atoms with Gasteiger partial charge in [0.05, 0.1) is 18.2 Å². The van der Waals surface area contributed by atoms with E-state index in [1.54, 1.807) is 47.6 Å².